The number of halogens is 1. The fourth-order valence-electron chi connectivity index (χ4n) is 1.93. The van der Waals surface area contributed by atoms with Crippen LogP contribution in [0, 0.1) is 0 Å². The summed E-state index contributed by atoms with van der Waals surface area (Å²) in [5.74, 6) is 0.168. The summed E-state index contributed by atoms with van der Waals surface area (Å²) >= 11 is 3.28. The minimum Gasteiger partial charge on any atom is -0.482 e. The largest absolute Gasteiger partial charge is 0.482 e. The molecule has 0 bridgehead atoms. The minimum absolute atomic E-state index is 0.00412. The second-order valence-electron chi connectivity index (χ2n) is 4.27. The first-order chi connectivity index (χ1) is 9.63. The van der Waals surface area contributed by atoms with Crippen LogP contribution in [-0.2, 0) is 4.79 Å². The molecule has 0 spiro atoms. The van der Waals surface area contributed by atoms with Crippen LogP contribution in [0.3, 0.4) is 0 Å². The SMILES string of the molecule is O=C1COc2ccc(C(=O)c3cncc(Br)c3)cc2N1. The third-order valence-electron chi connectivity index (χ3n) is 2.84. The predicted molar refractivity (Wildman–Crippen MR) is 75.9 cm³/mol. The first-order valence-corrected chi connectivity index (χ1v) is 6.65. The highest BCUT2D eigenvalue weighted by molar-refractivity contribution is 9.10. The Morgan fingerprint density at radius 3 is 2.90 bits per heavy atom. The second kappa shape index (κ2) is 5.05. The Labute approximate surface area is 123 Å². The molecule has 1 aromatic heterocycles. The number of ketones is 1. The lowest BCUT2D eigenvalue weighted by molar-refractivity contribution is -0.118. The Kier molecular flexibility index (Phi) is 3.23. The fraction of sp³-hybridized carbons (Fsp3) is 0.0714. The smallest absolute Gasteiger partial charge is 0.262 e. The van der Waals surface area contributed by atoms with Crippen molar-refractivity contribution in [3.8, 4) is 5.75 Å². The molecule has 2 aromatic rings. The number of pyridine rings is 1. The number of fused-ring (bicyclic) bond motifs is 1. The number of amides is 1. The van der Waals surface area contributed by atoms with Crippen LogP contribution in [0.5, 0.6) is 5.75 Å². The Balaban J connectivity index is 1.97. The molecule has 0 radical (unpaired) electrons. The van der Waals surface area contributed by atoms with Gasteiger partial charge in [0.05, 0.1) is 5.69 Å². The van der Waals surface area contributed by atoms with Gasteiger partial charge in [0.15, 0.2) is 12.4 Å². The third kappa shape index (κ3) is 2.42. The highest BCUT2D eigenvalue weighted by atomic mass is 79.9. The van der Waals surface area contributed by atoms with Crippen molar-refractivity contribution in [2.75, 3.05) is 11.9 Å². The van der Waals surface area contributed by atoms with Gasteiger partial charge in [0.2, 0.25) is 0 Å². The summed E-state index contributed by atoms with van der Waals surface area (Å²) in [7, 11) is 0. The van der Waals surface area contributed by atoms with Crippen molar-refractivity contribution < 1.29 is 14.3 Å². The first-order valence-electron chi connectivity index (χ1n) is 5.85. The van der Waals surface area contributed by atoms with E-state index in [0.29, 0.717) is 22.6 Å². The number of nitrogens with one attached hydrogen (secondary N) is 1. The fourth-order valence-corrected chi connectivity index (χ4v) is 2.29. The van der Waals surface area contributed by atoms with E-state index in [1.54, 1.807) is 30.5 Å². The number of carbonyl (C=O) groups is 2. The van der Waals surface area contributed by atoms with Crippen molar-refractivity contribution in [3.05, 3.63) is 52.3 Å². The Hall–Kier alpha value is -2.21. The van der Waals surface area contributed by atoms with E-state index in [1.807, 2.05) is 0 Å². The number of nitrogens with zero attached hydrogens (tertiary/aromatic N) is 1. The number of ether oxygens (including phenoxy) is 1. The Morgan fingerprint density at radius 2 is 2.10 bits per heavy atom. The molecule has 5 nitrogen and oxygen atoms in total. The summed E-state index contributed by atoms with van der Waals surface area (Å²) in [6.07, 6.45) is 3.11. The molecular weight excluding hydrogens is 324 g/mol. The van der Waals surface area contributed by atoms with Gasteiger partial charge in [0.1, 0.15) is 5.75 Å². The topological polar surface area (TPSA) is 68.3 Å². The molecule has 1 aromatic carbocycles. The molecule has 0 aliphatic carbocycles. The number of rotatable bonds is 2. The van der Waals surface area contributed by atoms with Gasteiger partial charge in [0, 0.05) is 28.0 Å². The minimum atomic E-state index is -0.230. The van der Waals surface area contributed by atoms with Crippen LogP contribution in [0.4, 0.5) is 5.69 Å². The van der Waals surface area contributed by atoms with Gasteiger partial charge in [-0.15, -0.1) is 0 Å². The number of aromatic nitrogens is 1. The number of hydrogen-bond acceptors (Lipinski definition) is 4. The van der Waals surface area contributed by atoms with E-state index >= 15 is 0 Å². The van der Waals surface area contributed by atoms with E-state index in [-0.39, 0.29) is 18.3 Å². The van der Waals surface area contributed by atoms with Crippen LogP contribution in [0.1, 0.15) is 15.9 Å². The molecule has 1 amide bonds. The normalized spacial score (nSPS) is 13.2. The van der Waals surface area contributed by atoms with E-state index in [0.717, 1.165) is 4.47 Å². The van der Waals surface area contributed by atoms with Gasteiger partial charge >= 0.3 is 0 Å². The van der Waals surface area contributed by atoms with Gasteiger partial charge in [-0.05, 0) is 40.2 Å². The molecule has 1 aliphatic heterocycles. The summed E-state index contributed by atoms with van der Waals surface area (Å²) in [5.41, 5.74) is 1.45. The third-order valence-corrected chi connectivity index (χ3v) is 3.28. The summed E-state index contributed by atoms with van der Waals surface area (Å²) in [6, 6.07) is 6.65. The standard InChI is InChI=1S/C14H9BrN2O3/c15-10-3-9(5-16-6-10)14(19)8-1-2-12-11(4-8)17-13(18)7-20-12/h1-6H,7H2,(H,17,18). The van der Waals surface area contributed by atoms with Crippen molar-refractivity contribution in [3.63, 3.8) is 0 Å². The van der Waals surface area contributed by atoms with Crippen LogP contribution in [0.15, 0.2) is 41.1 Å². The molecule has 100 valence electrons. The summed E-state index contributed by atoms with van der Waals surface area (Å²) < 4.78 is 5.99. The predicted octanol–water partition coefficient (Wildman–Crippen LogP) is 2.41. The highest BCUT2D eigenvalue weighted by Crippen LogP contribution is 2.29. The summed E-state index contributed by atoms with van der Waals surface area (Å²) in [5, 5.41) is 2.68. The van der Waals surface area contributed by atoms with Crippen molar-refractivity contribution in [2.45, 2.75) is 0 Å². The molecule has 0 saturated heterocycles. The van der Waals surface area contributed by atoms with Crippen molar-refractivity contribution in [1.29, 1.82) is 0 Å². The molecule has 1 aliphatic rings. The lowest BCUT2D eigenvalue weighted by atomic mass is 10.0. The van der Waals surface area contributed by atoms with E-state index < -0.39 is 0 Å². The summed E-state index contributed by atoms with van der Waals surface area (Å²) in [6.45, 7) is -0.00412. The monoisotopic (exact) mass is 332 g/mol. The van der Waals surface area contributed by atoms with Crippen molar-refractivity contribution in [2.24, 2.45) is 0 Å². The first kappa shape index (κ1) is 12.8. The van der Waals surface area contributed by atoms with Crippen LogP contribution in [0.25, 0.3) is 0 Å². The van der Waals surface area contributed by atoms with E-state index in [1.165, 1.54) is 6.20 Å². The maximum atomic E-state index is 12.4. The molecule has 0 atom stereocenters. The van der Waals surface area contributed by atoms with E-state index in [4.69, 9.17) is 4.74 Å². The number of anilines is 1. The maximum absolute atomic E-state index is 12.4. The average molecular weight is 333 g/mol. The molecule has 6 heteroatoms. The van der Waals surface area contributed by atoms with Gasteiger partial charge in [-0.25, -0.2) is 0 Å². The van der Waals surface area contributed by atoms with Crippen LogP contribution < -0.4 is 10.1 Å². The Morgan fingerprint density at radius 1 is 1.25 bits per heavy atom. The zero-order valence-electron chi connectivity index (χ0n) is 10.2. The van der Waals surface area contributed by atoms with Gasteiger partial charge in [0.25, 0.3) is 5.91 Å². The van der Waals surface area contributed by atoms with E-state index in [2.05, 4.69) is 26.2 Å². The lowest BCUT2D eigenvalue weighted by Crippen LogP contribution is -2.25. The van der Waals surface area contributed by atoms with Crippen LogP contribution >= 0.6 is 15.9 Å². The number of hydrogen-bond donors (Lipinski definition) is 1. The maximum Gasteiger partial charge on any atom is 0.262 e. The second-order valence-corrected chi connectivity index (χ2v) is 5.18. The number of carbonyl (C=O) groups excluding carboxylic acids is 2. The van der Waals surface area contributed by atoms with Gasteiger partial charge < -0.3 is 10.1 Å². The van der Waals surface area contributed by atoms with E-state index in [9.17, 15) is 9.59 Å². The molecule has 0 unspecified atom stereocenters. The Bertz CT molecular complexity index is 715. The summed E-state index contributed by atoms with van der Waals surface area (Å²) in [4.78, 5) is 27.6. The molecule has 1 N–H and O–H groups in total. The van der Waals surface area contributed by atoms with Gasteiger partial charge in [-0.2, -0.15) is 0 Å². The molecule has 0 fully saturated rings. The number of benzene rings is 1. The average Bonchev–Trinajstić information content (AvgIpc) is 2.45. The highest BCUT2D eigenvalue weighted by Gasteiger charge is 2.18. The molecule has 2 heterocycles. The molecule has 20 heavy (non-hydrogen) atoms. The van der Waals surface area contributed by atoms with Gasteiger partial charge in [-0.3, -0.25) is 14.6 Å². The lowest BCUT2D eigenvalue weighted by Gasteiger charge is -2.18. The van der Waals surface area contributed by atoms with Crippen LogP contribution in [0.2, 0.25) is 0 Å². The molecule has 0 saturated carbocycles. The van der Waals surface area contributed by atoms with Crippen LogP contribution in [-0.4, -0.2) is 23.3 Å². The quantitative estimate of drug-likeness (QED) is 0.857. The zero-order valence-corrected chi connectivity index (χ0v) is 11.8. The van der Waals surface area contributed by atoms with Gasteiger partial charge in [-0.1, -0.05) is 0 Å². The molecule has 3 rings (SSSR count). The van der Waals surface area contributed by atoms with Crippen molar-refractivity contribution >= 4 is 33.3 Å². The van der Waals surface area contributed by atoms with Crippen molar-refractivity contribution in [1.82, 2.24) is 4.98 Å². The zero-order chi connectivity index (χ0) is 14.1. The molecular formula is C14H9BrN2O3.